The Hall–Kier alpha value is -3.09. The fourth-order valence-corrected chi connectivity index (χ4v) is 3.14. The van der Waals surface area contributed by atoms with E-state index in [4.69, 9.17) is 0 Å². The Morgan fingerprint density at radius 3 is 2.56 bits per heavy atom. The van der Waals surface area contributed by atoms with Crippen molar-refractivity contribution < 1.29 is 0 Å². The van der Waals surface area contributed by atoms with Gasteiger partial charge in [-0.05, 0) is 31.0 Å². The molecule has 0 spiro atoms. The maximum absolute atomic E-state index is 4.61. The quantitative estimate of drug-likeness (QED) is 0.786. The Bertz CT molecular complexity index is 810. The molecule has 1 aliphatic rings. The fourth-order valence-electron chi connectivity index (χ4n) is 3.14. The van der Waals surface area contributed by atoms with Gasteiger partial charge < -0.3 is 10.2 Å². The van der Waals surface area contributed by atoms with E-state index in [1.165, 1.54) is 0 Å². The Morgan fingerprint density at radius 2 is 1.72 bits per heavy atom. The third kappa shape index (κ3) is 3.55. The number of rotatable bonds is 4. The zero-order valence-electron chi connectivity index (χ0n) is 13.8. The SMILES string of the molecule is c1ccc(Nc2nccnc2[C@H]2CCCN(c3ncccn3)C2)nc1. The van der Waals surface area contributed by atoms with Crippen molar-refractivity contribution in [3.63, 3.8) is 0 Å². The van der Waals surface area contributed by atoms with Gasteiger partial charge in [-0.1, -0.05) is 6.07 Å². The van der Waals surface area contributed by atoms with Gasteiger partial charge in [-0.25, -0.2) is 19.9 Å². The van der Waals surface area contributed by atoms with Crippen LogP contribution in [0.5, 0.6) is 0 Å². The molecule has 7 heteroatoms. The molecular formula is C18H19N7. The third-order valence-corrected chi connectivity index (χ3v) is 4.28. The van der Waals surface area contributed by atoms with E-state index in [1.807, 2.05) is 24.3 Å². The number of pyridine rings is 1. The Balaban J connectivity index is 1.57. The first-order chi connectivity index (χ1) is 12.4. The highest BCUT2D eigenvalue weighted by Gasteiger charge is 2.26. The van der Waals surface area contributed by atoms with Gasteiger partial charge in [-0.15, -0.1) is 0 Å². The molecular weight excluding hydrogens is 314 g/mol. The van der Waals surface area contributed by atoms with Crippen molar-refractivity contribution in [2.75, 3.05) is 23.3 Å². The predicted octanol–water partition coefficient (Wildman–Crippen LogP) is 2.79. The first-order valence-corrected chi connectivity index (χ1v) is 8.41. The summed E-state index contributed by atoms with van der Waals surface area (Å²) >= 11 is 0. The largest absolute Gasteiger partial charge is 0.340 e. The van der Waals surface area contributed by atoms with Crippen LogP contribution in [0.2, 0.25) is 0 Å². The maximum Gasteiger partial charge on any atom is 0.225 e. The summed E-state index contributed by atoms with van der Waals surface area (Å²) in [5.41, 5.74) is 0.966. The second kappa shape index (κ2) is 7.21. The minimum Gasteiger partial charge on any atom is -0.340 e. The molecule has 1 N–H and O–H groups in total. The van der Waals surface area contributed by atoms with Crippen LogP contribution in [0, 0.1) is 0 Å². The smallest absolute Gasteiger partial charge is 0.225 e. The Labute approximate surface area is 146 Å². The van der Waals surface area contributed by atoms with E-state index >= 15 is 0 Å². The van der Waals surface area contributed by atoms with E-state index in [9.17, 15) is 0 Å². The average Bonchev–Trinajstić information content (AvgIpc) is 2.70. The molecule has 4 heterocycles. The van der Waals surface area contributed by atoms with E-state index in [0.29, 0.717) is 0 Å². The van der Waals surface area contributed by atoms with Crippen LogP contribution in [0.25, 0.3) is 0 Å². The number of anilines is 3. The zero-order chi connectivity index (χ0) is 16.9. The summed E-state index contributed by atoms with van der Waals surface area (Å²) in [5, 5.41) is 3.29. The van der Waals surface area contributed by atoms with Gasteiger partial charge >= 0.3 is 0 Å². The standard InChI is InChI=1S/C18H19N7/c1-2-7-19-15(6-1)24-17-16(20-10-11-21-17)14-5-3-12-25(13-14)18-22-8-4-9-23-18/h1-2,4,6-11,14H,3,5,12-13H2,(H,19,21,24)/t14-/m0/s1. The van der Waals surface area contributed by atoms with Crippen molar-refractivity contribution in [1.82, 2.24) is 24.9 Å². The van der Waals surface area contributed by atoms with Gasteiger partial charge in [0.25, 0.3) is 0 Å². The highest BCUT2D eigenvalue weighted by atomic mass is 15.3. The topological polar surface area (TPSA) is 79.7 Å². The molecule has 126 valence electrons. The van der Waals surface area contributed by atoms with Crippen molar-refractivity contribution >= 4 is 17.6 Å². The fraction of sp³-hybridized carbons (Fsp3) is 0.278. The molecule has 3 aromatic rings. The summed E-state index contributed by atoms with van der Waals surface area (Å²) < 4.78 is 0. The van der Waals surface area contributed by atoms with Crippen molar-refractivity contribution in [2.24, 2.45) is 0 Å². The minimum absolute atomic E-state index is 0.275. The van der Waals surface area contributed by atoms with E-state index in [0.717, 1.165) is 49.2 Å². The van der Waals surface area contributed by atoms with Gasteiger partial charge in [0.2, 0.25) is 5.95 Å². The summed E-state index contributed by atoms with van der Waals surface area (Å²) in [7, 11) is 0. The van der Waals surface area contributed by atoms with Gasteiger partial charge in [0.15, 0.2) is 5.82 Å². The van der Waals surface area contributed by atoms with Gasteiger partial charge in [0, 0.05) is 50.0 Å². The molecule has 3 aromatic heterocycles. The van der Waals surface area contributed by atoms with Crippen LogP contribution in [-0.2, 0) is 0 Å². The Kier molecular flexibility index (Phi) is 4.45. The lowest BCUT2D eigenvalue weighted by molar-refractivity contribution is 0.495. The van der Waals surface area contributed by atoms with Crippen LogP contribution in [0.4, 0.5) is 17.6 Å². The Morgan fingerprint density at radius 1 is 0.880 bits per heavy atom. The second-order valence-electron chi connectivity index (χ2n) is 5.96. The molecule has 1 atom stereocenters. The molecule has 25 heavy (non-hydrogen) atoms. The molecule has 4 rings (SSSR count). The van der Waals surface area contributed by atoms with Crippen LogP contribution in [0.3, 0.4) is 0 Å². The third-order valence-electron chi connectivity index (χ3n) is 4.28. The first-order valence-electron chi connectivity index (χ1n) is 8.41. The van der Waals surface area contributed by atoms with Crippen molar-refractivity contribution in [3.05, 3.63) is 60.9 Å². The van der Waals surface area contributed by atoms with Crippen LogP contribution in [0.1, 0.15) is 24.5 Å². The average molecular weight is 333 g/mol. The minimum atomic E-state index is 0.275. The summed E-state index contributed by atoms with van der Waals surface area (Å²) in [5.74, 6) is 2.58. The molecule has 1 fully saturated rings. The molecule has 7 nitrogen and oxygen atoms in total. The van der Waals surface area contributed by atoms with Crippen molar-refractivity contribution in [2.45, 2.75) is 18.8 Å². The van der Waals surface area contributed by atoms with Gasteiger partial charge in [0.05, 0.1) is 5.69 Å². The van der Waals surface area contributed by atoms with Gasteiger partial charge in [-0.3, -0.25) is 4.98 Å². The number of aromatic nitrogens is 5. The highest BCUT2D eigenvalue weighted by molar-refractivity contribution is 5.55. The molecule has 1 aliphatic heterocycles. The monoisotopic (exact) mass is 333 g/mol. The van der Waals surface area contributed by atoms with Crippen LogP contribution in [0.15, 0.2) is 55.2 Å². The molecule has 0 aromatic carbocycles. The first kappa shape index (κ1) is 15.4. The molecule has 0 radical (unpaired) electrons. The van der Waals surface area contributed by atoms with E-state index in [1.54, 1.807) is 31.0 Å². The van der Waals surface area contributed by atoms with Crippen molar-refractivity contribution in [1.29, 1.82) is 0 Å². The molecule has 0 aliphatic carbocycles. The normalized spacial score (nSPS) is 17.3. The molecule has 0 saturated carbocycles. The van der Waals surface area contributed by atoms with Gasteiger partial charge in [0.1, 0.15) is 5.82 Å². The molecule has 0 amide bonds. The lowest BCUT2D eigenvalue weighted by atomic mass is 9.94. The predicted molar refractivity (Wildman–Crippen MR) is 95.8 cm³/mol. The maximum atomic E-state index is 4.61. The number of nitrogens with one attached hydrogen (secondary N) is 1. The second-order valence-corrected chi connectivity index (χ2v) is 5.96. The molecule has 0 unspecified atom stereocenters. The molecule has 1 saturated heterocycles. The van der Waals surface area contributed by atoms with Crippen molar-refractivity contribution in [3.8, 4) is 0 Å². The lowest BCUT2D eigenvalue weighted by Gasteiger charge is -2.32. The number of hydrogen-bond acceptors (Lipinski definition) is 7. The van der Waals surface area contributed by atoms with E-state index in [-0.39, 0.29) is 5.92 Å². The number of hydrogen-bond donors (Lipinski definition) is 1. The van der Waals surface area contributed by atoms with Crippen LogP contribution < -0.4 is 10.2 Å². The van der Waals surface area contributed by atoms with E-state index in [2.05, 4.69) is 35.1 Å². The summed E-state index contributed by atoms with van der Waals surface area (Å²) in [6.45, 7) is 1.80. The number of piperidine rings is 1. The van der Waals surface area contributed by atoms with Crippen LogP contribution >= 0.6 is 0 Å². The summed E-state index contributed by atoms with van der Waals surface area (Å²) in [6.07, 6.45) is 10.9. The summed E-state index contributed by atoms with van der Waals surface area (Å²) in [6, 6.07) is 7.59. The lowest BCUT2D eigenvalue weighted by Crippen LogP contribution is -2.36. The van der Waals surface area contributed by atoms with E-state index < -0.39 is 0 Å². The zero-order valence-corrected chi connectivity index (χ0v) is 13.8. The molecule has 0 bridgehead atoms. The highest BCUT2D eigenvalue weighted by Crippen LogP contribution is 2.31. The van der Waals surface area contributed by atoms with Gasteiger partial charge in [-0.2, -0.15) is 0 Å². The number of nitrogens with zero attached hydrogens (tertiary/aromatic N) is 6. The van der Waals surface area contributed by atoms with Crippen LogP contribution in [-0.4, -0.2) is 38.0 Å². The summed E-state index contributed by atoms with van der Waals surface area (Å²) in [4.78, 5) is 24.4.